The van der Waals surface area contributed by atoms with Gasteiger partial charge in [-0.25, -0.2) is 0 Å². The molecule has 33 heavy (non-hydrogen) atoms. The van der Waals surface area contributed by atoms with Gasteiger partial charge in [0.25, 0.3) is 6.01 Å². The minimum atomic E-state index is -3.38. The molecule has 7 heteroatoms. The van der Waals surface area contributed by atoms with Crippen molar-refractivity contribution in [1.82, 2.24) is 9.97 Å². The van der Waals surface area contributed by atoms with E-state index in [4.69, 9.17) is 16.3 Å². The molecule has 5 aromatic rings. The fraction of sp³-hybridized carbons (Fsp3) is 0.0385. The number of fused-ring (bicyclic) bond motifs is 1. The van der Waals surface area contributed by atoms with Crippen LogP contribution in [0.2, 0.25) is 5.02 Å². The molecule has 4 aromatic carbocycles. The quantitative estimate of drug-likeness (QED) is 0.273. The number of ether oxygens (including phenoxy) is 1. The van der Waals surface area contributed by atoms with Gasteiger partial charge >= 0.3 is 0 Å². The van der Waals surface area contributed by atoms with Crippen LogP contribution in [0.15, 0.2) is 91.0 Å². The lowest BCUT2D eigenvalue weighted by Crippen LogP contribution is -2.03. The van der Waals surface area contributed by atoms with Gasteiger partial charge in [0.05, 0.1) is 16.1 Å². The van der Waals surface area contributed by atoms with E-state index in [1.807, 2.05) is 42.5 Å². The number of halogens is 1. The Labute approximate surface area is 196 Å². The van der Waals surface area contributed by atoms with Crippen LogP contribution in [-0.2, 0) is 4.57 Å². The van der Waals surface area contributed by atoms with Crippen LogP contribution in [0.4, 0.5) is 0 Å². The van der Waals surface area contributed by atoms with Gasteiger partial charge in [-0.3, -0.25) is 4.57 Å². The smallest absolute Gasteiger partial charge is 0.300 e. The fourth-order valence-corrected chi connectivity index (χ4v) is 4.67. The van der Waals surface area contributed by atoms with E-state index in [2.05, 4.69) is 34.2 Å². The summed E-state index contributed by atoms with van der Waals surface area (Å²) >= 11 is 6.59. The highest BCUT2D eigenvalue weighted by molar-refractivity contribution is 7.65. The molecule has 0 aliphatic rings. The number of hydrogen-bond donors (Lipinski definition) is 2. The standard InChI is InChI=1S/C26H20ClN2O3P/c1-33(30,31)21-9-5-8-20(14-21)32-26-28-24-15-22(23(27)16-25(24)29-26)19-12-10-18(11-13-19)17-6-3-2-4-7-17/h2-16H,1H3,(H,28,29)(H,30,31). The van der Waals surface area contributed by atoms with Gasteiger partial charge in [-0.1, -0.05) is 72.3 Å². The van der Waals surface area contributed by atoms with Crippen molar-refractivity contribution in [3.8, 4) is 34.0 Å². The van der Waals surface area contributed by atoms with Crippen molar-refractivity contribution in [3.05, 3.63) is 96.0 Å². The maximum Gasteiger partial charge on any atom is 0.300 e. The number of benzene rings is 4. The molecule has 164 valence electrons. The number of rotatable bonds is 5. The predicted molar refractivity (Wildman–Crippen MR) is 134 cm³/mol. The zero-order valence-corrected chi connectivity index (χ0v) is 19.3. The van der Waals surface area contributed by atoms with E-state index in [9.17, 15) is 9.46 Å². The van der Waals surface area contributed by atoms with Gasteiger partial charge in [0.15, 0.2) is 0 Å². The van der Waals surface area contributed by atoms with Gasteiger partial charge in [0, 0.05) is 17.5 Å². The number of aromatic nitrogens is 2. The molecule has 0 bridgehead atoms. The minimum Gasteiger partial charge on any atom is -0.426 e. The minimum absolute atomic E-state index is 0.277. The van der Waals surface area contributed by atoms with Gasteiger partial charge in [0.1, 0.15) is 5.75 Å². The first-order valence-electron chi connectivity index (χ1n) is 10.3. The Balaban J connectivity index is 1.44. The summed E-state index contributed by atoms with van der Waals surface area (Å²) in [6, 6.07) is 29.0. The number of hydrogen-bond acceptors (Lipinski definition) is 3. The molecule has 5 nitrogen and oxygen atoms in total. The van der Waals surface area contributed by atoms with Gasteiger partial charge in [-0.2, -0.15) is 4.98 Å². The SMILES string of the molecule is CP(=O)(O)c1cccc(Oc2nc3cc(-c4ccc(-c5ccccc5)cc4)c(Cl)cc3[nH]2)c1. The highest BCUT2D eigenvalue weighted by atomic mass is 35.5. The third-order valence-corrected chi connectivity index (χ3v) is 6.91. The summed E-state index contributed by atoms with van der Waals surface area (Å²) in [4.78, 5) is 17.4. The molecule has 2 N–H and O–H groups in total. The van der Waals surface area contributed by atoms with Crippen LogP contribution in [0.5, 0.6) is 11.8 Å². The molecule has 0 spiro atoms. The maximum absolute atomic E-state index is 11.9. The highest BCUT2D eigenvalue weighted by Crippen LogP contribution is 2.36. The molecule has 1 atom stereocenters. The van der Waals surface area contributed by atoms with E-state index in [0.717, 1.165) is 27.8 Å². The van der Waals surface area contributed by atoms with Crippen molar-refractivity contribution in [2.45, 2.75) is 0 Å². The van der Waals surface area contributed by atoms with Crippen molar-refractivity contribution in [2.75, 3.05) is 6.66 Å². The van der Waals surface area contributed by atoms with E-state index in [-0.39, 0.29) is 6.01 Å². The van der Waals surface area contributed by atoms with E-state index in [1.54, 1.807) is 24.3 Å². The van der Waals surface area contributed by atoms with E-state index < -0.39 is 7.37 Å². The molecule has 1 aromatic heterocycles. The molecular weight excluding hydrogens is 455 g/mol. The Morgan fingerprint density at radius 1 is 0.879 bits per heavy atom. The number of aromatic amines is 1. The molecular formula is C26H20ClN2O3P. The summed E-state index contributed by atoms with van der Waals surface area (Å²) in [6.45, 7) is 1.29. The maximum atomic E-state index is 11.9. The Morgan fingerprint density at radius 2 is 1.58 bits per heavy atom. The summed E-state index contributed by atoms with van der Waals surface area (Å²) in [6.07, 6.45) is 0. The molecule has 1 heterocycles. The Morgan fingerprint density at radius 3 is 2.30 bits per heavy atom. The summed E-state index contributed by atoms with van der Waals surface area (Å²) < 4.78 is 17.7. The van der Waals surface area contributed by atoms with Crippen LogP contribution in [-0.4, -0.2) is 21.5 Å². The second kappa shape index (κ2) is 8.53. The van der Waals surface area contributed by atoms with Crippen LogP contribution in [0, 0.1) is 0 Å². The third kappa shape index (κ3) is 4.57. The van der Waals surface area contributed by atoms with Crippen molar-refractivity contribution >= 4 is 35.3 Å². The zero-order chi connectivity index (χ0) is 23.0. The summed E-state index contributed by atoms with van der Waals surface area (Å²) in [5.41, 5.74) is 5.59. The normalized spacial score (nSPS) is 13.1. The Kier molecular flexibility index (Phi) is 5.55. The monoisotopic (exact) mass is 474 g/mol. The number of imidazole rings is 1. The van der Waals surface area contributed by atoms with E-state index in [0.29, 0.717) is 21.6 Å². The molecule has 5 rings (SSSR count). The van der Waals surface area contributed by atoms with Crippen molar-refractivity contribution in [1.29, 1.82) is 0 Å². The molecule has 0 aliphatic carbocycles. The molecule has 0 fully saturated rings. The summed E-state index contributed by atoms with van der Waals surface area (Å²) in [7, 11) is -3.38. The van der Waals surface area contributed by atoms with E-state index in [1.165, 1.54) is 6.66 Å². The van der Waals surface area contributed by atoms with Crippen LogP contribution >= 0.6 is 19.0 Å². The second-order valence-electron chi connectivity index (χ2n) is 7.81. The Hall–Kier alpha value is -3.37. The van der Waals surface area contributed by atoms with Crippen LogP contribution in [0.25, 0.3) is 33.3 Å². The number of H-pyrrole nitrogens is 1. The van der Waals surface area contributed by atoms with Gasteiger partial charge in [-0.05, 0) is 47.0 Å². The molecule has 0 radical (unpaired) electrons. The van der Waals surface area contributed by atoms with Gasteiger partial charge < -0.3 is 14.6 Å². The average molecular weight is 475 g/mol. The van der Waals surface area contributed by atoms with Crippen molar-refractivity contribution < 1.29 is 14.2 Å². The first kappa shape index (κ1) is 21.5. The first-order valence-corrected chi connectivity index (χ1v) is 12.8. The molecule has 0 saturated heterocycles. The predicted octanol–water partition coefficient (Wildman–Crippen LogP) is 6.87. The van der Waals surface area contributed by atoms with Crippen molar-refractivity contribution in [3.63, 3.8) is 0 Å². The zero-order valence-electron chi connectivity index (χ0n) is 17.7. The molecule has 0 amide bonds. The Bertz CT molecular complexity index is 1490. The second-order valence-corrected chi connectivity index (χ2v) is 10.5. The van der Waals surface area contributed by atoms with Crippen molar-refractivity contribution in [2.24, 2.45) is 0 Å². The van der Waals surface area contributed by atoms with Gasteiger partial charge in [0.2, 0.25) is 7.37 Å². The molecule has 0 saturated carbocycles. The molecule has 0 aliphatic heterocycles. The lowest BCUT2D eigenvalue weighted by atomic mass is 10.00. The van der Waals surface area contributed by atoms with Crippen LogP contribution < -0.4 is 10.0 Å². The fourth-order valence-electron chi connectivity index (χ4n) is 3.67. The summed E-state index contributed by atoms with van der Waals surface area (Å²) in [5, 5.41) is 0.916. The number of nitrogens with zero attached hydrogens (tertiary/aromatic N) is 1. The van der Waals surface area contributed by atoms with Crippen LogP contribution in [0.3, 0.4) is 0 Å². The van der Waals surface area contributed by atoms with E-state index >= 15 is 0 Å². The number of nitrogens with one attached hydrogen (secondary N) is 1. The topological polar surface area (TPSA) is 75.2 Å². The highest BCUT2D eigenvalue weighted by Gasteiger charge is 2.15. The summed E-state index contributed by atoms with van der Waals surface area (Å²) in [5.74, 6) is 0.422. The third-order valence-electron chi connectivity index (χ3n) is 5.36. The lowest BCUT2D eigenvalue weighted by molar-refractivity contribution is 0.449. The van der Waals surface area contributed by atoms with Crippen LogP contribution in [0.1, 0.15) is 0 Å². The first-order chi connectivity index (χ1) is 15.9. The lowest BCUT2D eigenvalue weighted by Gasteiger charge is -2.07. The largest absolute Gasteiger partial charge is 0.426 e. The molecule has 1 unspecified atom stereocenters. The average Bonchev–Trinajstić information content (AvgIpc) is 3.20. The van der Waals surface area contributed by atoms with Gasteiger partial charge in [-0.15, -0.1) is 0 Å².